The zero-order chi connectivity index (χ0) is 16.7. The molecule has 0 radical (unpaired) electrons. The Balaban J connectivity index is 2.49. The van der Waals surface area contributed by atoms with Gasteiger partial charge in [0.1, 0.15) is 0 Å². The summed E-state index contributed by atoms with van der Waals surface area (Å²) >= 11 is 0. The Kier molecular flexibility index (Phi) is 4.71. The van der Waals surface area contributed by atoms with Gasteiger partial charge in [-0.05, 0) is 43.9 Å². The van der Waals surface area contributed by atoms with Crippen LogP contribution in [0.5, 0.6) is 0 Å². The van der Waals surface area contributed by atoms with E-state index in [0.717, 1.165) is 19.1 Å². The minimum absolute atomic E-state index is 0.0292. The summed E-state index contributed by atoms with van der Waals surface area (Å²) in [4.78, 5) is 0.0800. The summed E-state index contributed by atoms with van der Waals surface area (Å²) in [5, 5.41) is 0. The molecule has 0 heterocycles. The molecular weight excluding hydrogens is 322 g/mol. The molecule has 0 bridgehead atoms. The van der Waals surface area contributed by atoms with Crippen molar-refractivity contribution in [2.45, 2.75) is 55.5 Å². The number of hydrogen-bond donors (Lipinski definition) is 0. The van der Waals surface area contributed by atoms with Gasteiger partial charge in [0.15, 0.2) is 9.84 Å². The van der Waals surface area contributed by atoms with E-state index in [9.17, 15) is 16.8 Å². The lowest BCUT2D eigenvalue weighted by Gasteiger charge is -2.31. The molecule has 0 N–H and O–H groups in total. The third-order valence-corrected chi connectivity index (χ3v) is 7.23. The third-order valence-electron chi connectivity index (χ3n) is 4.08. The van der Waals surface area contributed by atoms with E-state index in [-0.39, 0.29) is 27.8 Å². The van der Waals surface area contributed by atoms with Crippen LogP contribution in [0.3, 0.4) is 0 Å². The van der Waals surface area contributed by atoms with Crippen LogP contribution in [-0.2, 0) is 19.9 Å². The summed E-state index contributed by atoms with van der Waals surface area (Å²) < 4.78 is 50.8. The molecular formula is C15H23NO4S2. The lowest BCUT2D eigenvalue weighted by molar-refractivity contribution is 0.269. The molecule has 1 aliphatic rings. The molecule has 0 unspecified atom stereocenters. The van der Waals surface area contributed by atoms with Crippen LogP contribution in [0.25, 0.3) is 0 Å². The number of benzene rings is 1. The Labute approximate surface area is 133 Å². The van der Waals surface area contributed by atoms with E-state index in [1.165, 1.54) is 24.3 Å². The van der Waals surface area contributed by atoms with Gasteiger partial charge < -0.3 is 0 Å². The van der Waals surface area contributed by atoms with Crippen LogP contribution in [0.15, 0.2) is 34.1 Å². The van der Waals surface area contributed by atoms with Gasteiger partial charge in [-0.2, -0.15) is 4.31 Å². The van der Waals surface area contributed by atoms with E-state index >= 15 is 0 Å². The quantitative estimate of drug-likeness (QED) is 0.793. The molecule has 5 nitrogen and oxygen atoms in total. The van der Waals surface area contributed by atoms with Crippen molar-refractivity contribution in [3.8, 4) is 0 Å². The highest BCUT2D eigenvalue weighted by molar-refractivity contribution is 7.91. The highest BCUT2D eigenvalue weighted by Crippen LogP contribution is 2.36. The van der Waals surface area contributed by atoms with E-state index in [4.69, 9.17) is 0 Å². The number of hydrogen-bond acceptors (Lipinski definition) is 4. The fraction of sp³-hybridized carbons (Fsp3) is 0.600. The average molecular weight is 345 g/mol. The summed E-state index contributed by atoms with van der Waals surface area (Å²) in [6.45, 7) is 5.88. The molecule has 1 aromatic carbocycles. The molecule has 0 saturated heterocycles. The van der Waals surface area contributed by atoms with Crippen LogP contribution < -0.4 is 0 Å². The summed E-state index contributed by atoms with van der Waals surface area (Å²) in [6.07, 6.45) is 2.80. The number of nitrogens with zero attached hydrogens (tertiary/aromatic N) is 1. The molecule has 2 rings (SSSR count). The van der Waals surface area contributed by atoms with Gasteiger partial charge in [-0.25, -0.2) is 16.8 Å². The van der Waals surface area contributed by atoms with Gasteiger partial charge >= 0.3 is 0 Å². The summed E-state index contributed by atoms with van der Waals surface area (Å²) in [5.74, 6) is 0.188. The second kappa shape index (κ2) is 5.94. The number of sulfone groups is 1. The van der Waals surface area contributed by atoms with Gasteiger partial charge in [-0.15, -0.1) is 0 Å². The molecule has 1 fully saturated rings. The van der Waals surface area contributed by atoms with Gasteiger partial charge in [0, 0.05) is 18.3 Å². The molecule has 22 heavy (non-hydrogen) atoms. The van der Waals surface area contributed by atoms with E-state index in [1.54, 1.807) is 4.31 Å². The van der Waals surface area contributed by atoms with Crippen molar-refractivity contribution in [2.75, 3.05) is 6.26 Å². The third kappa shape index (κ3) is 3.52. The Morgan fingerprint density at radius 1 is 1.05 bits per heavy atom. The maximum absolute atomic E-state index is 13.0. The number of rotatable bonds is 6. The predicted octanol–water partition coefficient (Wildman–Crippen LogP) is 2.29. The van der Waals surface area contributed by atoms with Gasteiger partial charge in [0.2, 0.25) is 10.0 Å². The first-order chi connectivity index (χ1) is 10.0. The molecule has 7 heteroatoms. The Hall–Kier alpha value is -0.920. The van der Waals surface area contributed by atoms with E-state index in [1.807, 2.05) is 20.8 Å². The molecule has 124 valence electrons. The Morgan fingerprint density at radius 3 is 2.05 bits per heavy atom. The molecule has 1 saturated carbocycles. The van der Waals surface area contributed by atoms with Crippen molar-refractivity contribution in [3.63, 3.8) is 0 Å². The Bertz CT molecular complexity index is 750. The van der Waals surface area contributed by atoms with Crippen molar-refractivity contribution >= 4 is 19.9 Å². The molecule has 0 aromatic heterocycles. The number of sulfonamides is 1. The predicted molar refractivity (Wildman–Crippen MR) is 85.9 cm³/mol. The van der Waals surface area contributed by atoms with Crippen molar-refractivity contribution in [1.82, 2.24) is 4.31 Å². The average Bonchev–Trinajstić information content (AvgIpc) is 3.22. The van der Waals surface area contributed by atoms with Crippen LogP contribution in [-0.4, -0.2) is 39.5 Å². The van der Waals surface area contributed by atoms with Gasteiger partial charge in [-0.3, -0.25) is 0 Å². The van der Waals surface area contributed by atoms with E-state index in [0.29, 0.717) is 0 Å². The van der Waals surface area contributed by atoms with Crippen LogP contribution in [0, 0.1) is 5.92 Å². The van der Waals surface area contributed by atoms with Crippen LogP contribution in [0.1, 0.15) is 33.6 Å². The first-order valence-corrected chi connectivity index (χ1v) is 10.7. The fourth-order valence-corrected chi connectivity index (χ4v) is 5.15. The Morgan fingerprint density at radius 2 is 1.59 bits per heavy atom. The van der Waals surface area contributed by atoms with E-state index in [2.05, 4.69) is 0 Å². The highest BCUT2D eigenvalue weighted by atomic mass is 32.2. The highest BCUT2D eigenvalue weighted by Gasteiger charge is 2.42. The summed E-state index contributed by atoms with van der Waals surface area (Å²) in [6, 6.07) is 5.53. The van der Waals surface area contributed by atoms with Gasteiger partial charge in [0.05, 0.1) is 9.79 Å². The summed E-state index contributed by atoms with van der Waals surface area (Å²) in [5.41, 5.74) is 0. The molecule has 0 amide bonds. The second-order valence-corrected chi connectivity index (χ2v) is 10.2. The first-order valence-electron chi connectivity index (χ1n) is 7.39. The first kappa shape index (κ1) is 17.4. The minimum Gasteiger partial charge on any atom is -0.224 e. The van der Waals surface area contributed by atoms with Crippen molar-refractivity contribution in [3.05, 3.63) is 24.3 Å². The molecule has 1 aromatic rings. The van der Waals surface area contributed by atoms with E-state index < -0.39 is 19.9 Å². The topological polar surface area (TPSA) is 71.5 Å². The zero-order valence-electron chi connectivity index (χ0n) is 13.4. The minimum atomic E-state index is -3.70. The van der Waals surface area contributed by atoms with Crippen LogP contribution >= 0.6 is 0 Å². The molecule has 0 spiro atoms. The van der Waals surface area contributed by atoms with Crippen LogP contribution in [0.4, 0.5) is 0 Å². The smallest absolute Gasteiger partial charge is 0.224 e. The van der Waals surface area contributed by atoms with Gasteiger partial charge in [0.25, 0.3) is 0 Å². The maximum Gasteiger partial charge on any atom is 0.243 e. The fourth-order valence-electron chi connectivity index (χ4n) is 2.36. The van der Waals surface area contributed by atoms with Crippen molar-refractivity contribution in [2.24, 2.45) is 5.92 Å². The molecule has 1 aliphatic carbocycles. The van der Waals surface area contributed by atoms with Crippen molar-refractivity contribution in [1.29, 1.82) is 0 Å². The maximum atomic E-state index is 13.0. The van der Waals surface area contributed by atoms with Crippen LogP contribution in [0.2, 0.25) is 0 Å². The second-order valence-electron chi connectivity index (χ2n) is 6.30. The summed E-state index contributed by atoms with van der Waals surface area (Å²) in [7, 11) is -7.13. The molecule has 1 atom stereocenters. The SMILES string of the molecule is CC(C)[C@H](C)N(C1CC1)S(=O)(=O)c1cccc(S(C)(=O)=O)c1. The molecule has 0 aliphatic heterocycles. The standard InChI is InChI=1S/C15H23NO4S2/c1-11(2)12(3)16(13-8-9-13)22(19,20)15-7-5-6-14(10-15)21(4,17)18/h5-7,10-13H,8-9H2,1-4H3/t12-/m0/s1. The lowest BCUT2D eigenvalue weighted by Crippen LogP contribution is -2.43. The lowest BCUT2D eigenvalue weighted by atomic mass is 10.1. The monoisotopic (exact) mass is 345 g/mol. The largest absolute Gasteiger partial charge is 0.243 e. The normalized spacial score (nSPS) is 17.9. The van der Waals surface area contributed by atoms with Crippen molar-refractivity contribution < 1.29 is 16.8 Å². The van der Waals surface area contributed by atoms with Gasteiger partial charge in [-0.1, -0.05) is 19.9 Å². The zero-order valence-corrected chi connectivity index (χ0v) is 15.0.